The van der Waals surface area contributed by atoms with Crippen LogP contribution in [0.1, 0.15) is 11.8 Å². The van der Waals surface area contributed by atoms with E-state index in [0.717, 1.165) is 29.1 Å². The van der Waals surface area contributed by atoms with Crippen LogP contribution in [0.15, 0.2) is 39.1 Å². The summed E-state index contributed by atoms with van der Waals surface area (Å²) in [5, 5.41) is 52.1. The second kappa shape index (κ2) is 7.72. The van der Waals surface area contributed by atoms with E-state index >= 15 is 0 Å². The lowest BCUT2D eigenvalue weighted by molar-refractivity contribution is -0.0677. The maximum absolute atomic E-state index is 11.8. The van der Waals surface area contributed by atoms with E-state index in [-0.39, 0.29) is 12.2 Å². The number of aliphatic hydroxyl groups excluding tert-OH is 2. The van der Waals surface area contributed by atoms with Crippen LogP contribution in [0.5, 0.6) is 17.2 Å². The SMILES string of the molecule is O=c1ccn([C@@H]2O[C@H](CON=Cc3ccc(O)c(O)c3O)[C@@H](O)[C@H]2O)c(=O)[nH]1. The summed E-state index contributed by atoms with van der Waals surface area (Å²) in [4.78, 5) is 29.9. The maximum Gasteiger partial charge on any atom is 0.330 e. The van der Waals surface area contributed by atoms with Crippen molar-refractivity contribution in [3.63, 3.8) is 0 Å². The number of rotatable bonds is 5. The van der Waals surface area contributed by atoms with E-state index in [0.29, 0.717) is 0 Å². The molecule has 0 spiro atoms. The number of aromatic amines is 1. The van der Waals surface area contributed by atoms with E-state index in [1.165, 1.54) is 6.07 Å². The smallest absolute Gasteiger partial charge is 0.330 e. The van der Waals surface area contributed by atoms with Gasteiger partial charge in [-0.1, -0.05) is 5.16 Å². The van der Waals surface area contributed by atoms with Gasteiger partial charge in [-0.2, -0.15) is 0 Å². The highest BCUT2D eigenvalue weighted by molar-refractivity contribution is 5.85. The molecule has 2 heterocycles. The van der Waals surface area contributed by atoms with Gasteiger partial charge in [0.2, 0.25) is 5.75 Å². The molecule has 0 bridgehead atoms. The summed E-state index contributed by atoms with van der Waals surface area (Å²) < 4.78 is 6.35. The number of aromatic nitrogens is 2. The summed E-state index contributed by atoms with van der Waals surface area (Å²) in [5.74, 6) is -1.82. The Morgan fingerprint density at radius 3 is 2.61 bits per heavy atom. The summed E-state index contributed by atoms with van der Waals surface area (Å²) in [6.07, 6.45) is -2.96. The molecular formula is C16H17N3O9. The molecule has 0 aliphatic carbocycles. The van der Waals surface area contributed by atoms with Crippen LogP contribution in [0.4, 0.5) is 0 Å². The molecule has 0 unspecified atom stereocenters. The average molecular weight is 395 g/mol. The first-order valence-corrected chi connectivity index (χ1v) is 8.02. The monoisotopic (exact) mass is 395 g/mol. The Bertz CT molecular complexity index is 1000. The number of aliphatic hydroxyl groups is 2. The Hall–Kier alpha value is -3.35. The standard InChI is InChI=1S/C16H17N3O9/c20-8-2-1-7(11(22)12(8)23)5-17-27-6-9-13(24)14(25)15(28-9)19-4-3-10(21)18-16(19)26/h1-5,9,13-15,20,22-25H,6H2,(H,18,21,26)/t9-,13-,14-,15-/m1/s1. The average Bonchev–Trinajstić information content (AvgIpc) is 2.93. The maximum atomic E-state index is 11.8. The van der Waals surface area contributed by atoms with Crippen LogP contribution in [0, 0.1) is 0 Å². The third kappa shape index (κ3) is 3.69. The number of phenols is 3. The Labute approximate surface area is 156 Å². The minimum absolute atomic E-state index is 0.0564. The second-order valence-electron chi connectivity index (χ2n) is 5.97. The number of ether oxygens (including phenoxy) is 1. The minimum Gasteiger partial charge on any atom is -0.504 e. The Kier molecular flexibility index (Phi) is 5.35. The van der Waals surface area contributed by atoms with E-state index in [9.17, 15) is 35.1 Å². The zero-order chi connectivity index (χ0) is 20.4. The van der Waals surface area contributed by atoms with Gasteiger partial charge < -0.3 is 35.1 Å². The third-order valence-corrected chi connectivity index (χ3v) is 4.13. The first-order valence-electron chi connectivity index (χ1n) is 8.02. The molecule has 1 aromatic carbocycles. The van der Waals surface area contributed by atoms with Gasteiger partial charge in [-0.05, 0) is 12.1 Å². The highest BCUT2D eigenvalue weighted by Crippen LogP contribution is 2.36. The minimum atomic E-state index is -1.46. The lowest BCUT2D eigenvalue weighted by Crippen LogP contribution is -2.37. The quantitative estimate of drug-likeness (QED) is 0.195. The van der Waals surface area contributed by atoms with E-state index in [1.807, 2.05) is 4.98 Å². The Morgan fingerprint density at radius 1 is 1.14 bits per heavy atom. The first-order chi connectivity index (χ1) is 13.3. The van der Waals surface area contributed by atoms with Crippen molar-refractivity contribution < 1.29 is 35.1 Å². The molecule has 1 aromatic heterocycles. The zero-order valence-corrected chi connectivity index (χ0v) is 14.2. The molecule has 1 fully saturated rings. The Balaban J connectivity index is 1.65. The molecule has 4 atom stereocenters. The number of hydrogen-bond acceptors (Lipinski definition) is 10. The summed E-state index contributed by atoms with van der Waals surface area (Å²) >= 11 is 0. The van der Waals surface area contributed by atoms with Crippen LogP contribution in [-0.2, 0) is 9.57 Å². The fourth-order valence-corrected chi connectivity index (χ4v) is 2.62. The summed E-state index contributed by atoms with van der Waals surface area (Å²) in [6, 6.07) is 3.49. The van der Waals surface area contributed by atoms with Crippen molar-refractivity contribution in [2.75, 3.05) is 6.61 Å². The topological polar surface area (TPSA) is 187 Å². The molecule has 12 nitrogen and oxygen atoms in total. The molecule has 1 aliphatic rings. The zero-order valence-electron chi connectivity index (χ0n) is 14.2. The highest BCUT2D eigenvalue weighted by atomic mass is 16.6. The number of aromatic hydroxyl groups is 3. The lowest BCUT2D eigenvalue weighted by atomic mass is 10.1. The van der Waals surface area contributed by atoms with Crippen molar-refractivity contribution in [1.82, 2.24) is 9.55 Å². The molecule has 0 amide bonds. The van der Waals surface area contributed by atoms with Crippen LogP contribution in [0.25, 0.3) is 0 Å². The largest absolute Gasteiger partial charge is 0.504 e. The summed E-state index contributed by atoms with van der Waals surface area (Å²) in [6.45, 7) is -0.311. The summed E-state index contributed by atoms with van der Waals surface area (Å²) in [5.41, 5.74) is -1.38. The first kappa shape index (κ1) is 19.4. The van der Waals surface area contributed by atoms with Crippen molar-refractivity contribution >= 4 is 6.21 Å². The summed E-state index contributed by atoms with van der Waals surface area (Å²) in [7, 11) is 0. The van der Waals surface area contributed by atoms with Crippen molar-refractivity contribution in [3.8, 4) is 17.2 Å². The van der Waals surface area contributed by atoms with Gasteiger partial charge in [0.1, 0.15) is 24.9 Å². The molecular weight excluding hydrogens is 378 g/mol. The Morgan fingerprint density at radius 2 is 1.89 bits per heavy atom. The molecule has 2 aromatic rings. The molecule has 0 saturated carbocycles. The van der Waals surface area contributed by atoms with Gasteiger partial charge in [-0.3, -0.25) is 14.3 Å². The van der Waals surface area contributed by atoms with E-state index in [4.69, 9.17) is 9.57 Å². The lowest BCUT2D eigenvalue weighted by Gasteiger charge is -2.16. The van der Waals surface area contributed by atoms with Crippen LogP contribution in [-0.4, -0.2) is 66.2 Å². The van der Waals surface area contributed by atoms with Crippen LogP contribution in [0.3, 0.4) is 0 Å². The van der Waals surface area contributed by atoms with Crippen molar-refractivity contribution in [2.45, 2.75) is 24.5 Å². The van der Waals surface area contributed by atoms with Crippen LogP contribution >= 0.6 is 0 Å². The normalized spacial score (nSPS) is 24.6. The molecule has 0 radical (unpaired) electrons. The predicted molar refractivity (Wildman–Crippen MR) is 92.2 cm³/mol. The van der Waals surface area contributed by atoms with E-state index < -0.39 is 53.0 Å². The molecule has 1 aliphatic heterocycles. The molecule has 12 heteroatoms. The second-order valence-corrected chi connectivity index (χ2v) is 5.97. The van der Waals surface area contributed by atoms with Crippen LogP contribution < -0.4 is 11.2 Å². The number of phenolic OH excluding ortho intramolecular Hbond substituents is 3. The molecule has 3 rings (SSSR count). The fraction of sp³-hybridized carbons (Fsp3) is 0.312. The molecule has 28 heavy (non-hydrogen) atoms. The van der Waals surface area contributed by atoms with Gasteiger partial charge in [0, 0.05) is 17.8 Å². The number of nitrogens with zero attached hydrogens (tertiary/aromatic N) is 2. The van der Waals surface area contributed by atoms with Gasteiger partial charge in [-0.15, -0.1) is 0 Å². The van der Waals surface area contributed by atoms with Gasteiger partial charge >= 0.3 is 5.69 Å². The number of hydrogen-bond donors (Lipinski definition) is 6. The van der Waals surface area contributed by atoms with E-state index in [1.54, 1.807) is 0 Å². The highest BCUT2D eigenvalue weighted by Gasteiger charge is 2.44. The van der Waals surface area contributed by atoms with Gasteiger partial charge in [0.15, 0.2) is 17.7 Å². The van der Waals surface area contributed by atoms with Gasteiger partial charge in [-0.25, -0.2) is 4.79 Å². The molecule has 150 valence electrons. The van der Waals surface area contributed by atoms with Crippen molar-refractivity contribution in [1.29, 1.82) is 0 Å². The number of oxime groups is 1. The van der Waals surface area contributed by atoms with E-state index in [2.05, 4.69) is 5.16 Å². The van der Waals surface area contributed by atoms with Crippen molar-refractivity contribution in [2.24, 2.45) is 5.16 Å². The third-order valence-electron chi connectivity index (χ3n) is 4.13. The van der Waals surface area contributed by atoms with Gasteiger partial charge in [0.25, 0.3) is 5.56 Å². The van der Waals surface area contributed by atoms with Gasteiger partial charge in [0.05, 0.1) is 6.21 Å². The number of H-pyrrole nitrogens is 1. The number of nitrogens with one attached hydrogen (secondary N) is 1. The molecule has 6 N–H and O–H groups in total. The number of benzene rings is 1. The predicted octanol–water partition coefficient (Wildman–Crippen LogP) is -1.68. The fourth-order valence-electron chi connectivity index (χ4n) is 2.62. The van der Waals surface area contributed by atoms with Crippen LogP contribution in [0.2, 0.25) is 0 Å². The van der Waals surface area contributed by atoms with Crippen molar-refractivity contribution in [3.05, 3.63) is 50.8 Å². The molecule has 1 saturated heterocycles.